The van der Waals surface area contributed by atoms with Gasteiger partial charge in [-0.15, -0.1) is 0 Å². The van der Waals surface area contributed by atoms with Gasteiger partial charge >= 0.3 is 0 Å². The summed E-state index contributed by atoms with van der Waals surface area (Å²) in [4.78, 5) is 4.34. The van der Waals surface area contributed by atoms with E-state index in [1.165, 1.54) is 0 Å². The number of hydrogen-bond acceptors (Lipinski definition) is 6. The zero-order valence-corrected chi connectivity index (χ0v) is 19.8. The number of phenols is 1. The molecule has 0 bridgehead atoms. The van der Waals surface area contributed by atoms with Gasteiger partial charge in [0.2, 0.25) is 5.75 Å². The number of rotatable bonds is 10. The second-order valence-electron chi connectivity index (χ2n) is 8.55. The molecule has 6 nitrogen and oxygen atoms in total. The smallest absolute Gasteiger partial charge is 0.203 e. The van der Waals surface area contributed by atoms with Crippen molar-refractivity contribution in [3.8, 4) is 28.7 Å². The van der Waals surface area contributed by atoms with Crippen LogP contribution in [-0.4, -0.2) is 37.5 Å². The highest BCUT2D eigenvalue weighted by Gasteiger charge is 2.21. The Morgan fingerprint density at radius 3 is 2.19 bits per heavy atom. The van der Waals surface area contributed by atoms with Gasteiger partial charge < -0.3 is 24.1 Å². The Kier molecular flexibility index (Phi) is 7.33. The van der Waals surface area contributed by atoms with Gasteiger partial charge in [-0.25, -0.2) is 0 Å². The first-order chi connectivity index (χ1) is 15.3. The Labute approximate surface area is 190 Å². The number of aromatic nitrogens is 1. The molecule has 0 spiro atoms. The number of phenolic OH excluding ortho intramolecular Hbond substituents is 1. The molecule has 3 rings (SSSR count). The predicted molar refractivity (Wildman–Crippen MR) is 126 cm³/mol. The van der Waals surface area contributed by atoms with E-state index in [1.807, 2.05) is 31.3 Å². The quantitative estimate of drug-likeness (QED) is 0.433. The van der Waals surface area contributed by atoms with Gasteiger partial charge in [-0.05, 0) is 59.9 Å². The van der Waals surface area contributed by atoms with Gasteiger partial charge in [-0.3, -0.25) is 4.98 Å². The van der Waals surface area contributed by atoms with Crippen molar-refractivity contribution in [3.05, 3.63) is 47.8 Å². The van der Waals surface area contributed by atoms with Gasteiger partial charge in [0.05, 0.1) is 27.4 Å². The van der Waals surface area contributed by atoms with E-state index in [0.29, 0.717) is 48.0 Å². The van der Waals surface area contributed by atoms with Crippen molar-refractivity contribution in [2.45, 2.75) is 40.5 Å². The maximum Gasteiger partial charge on any atom is 0.203 e. The van der Waals surface area contributed by atoms with Gasteiger partial charge in [0.25, 0.3) is 0 Å². The molecule has 0 amide bonds. The number of hydrogen-bond donors (Lipinski definition) is 1. The summed E-state index contributed by atoms with van der Waals surface area (Å²) in [5.74, 6) is 2.42. The van der Waals surface area contributed by atoms with Gasteiger partial charge in [-0.2, -0.15) is 0 Å². The standard InChI is InChI=1S/C26H33NO5/c1-7-26(3,4)16-32-25-22(29-5)12-17(13-23(25)30-6)11-18-14-27-15-20-19(18)9-10-21(24(20)28)31-8-2/h9-10,12-15,28H,7-8,11,16H2,1-6H3. The number of methoxy groups -OCH3 is 2. The van der Waals surface area contributed by atoms with E-state index in [-0.39, 0.29) is 11.2 Å². The second-order valence-corrected chi connectivity index (χ2v) is 8.55. The number of benzene rings is 2. The summed E-state index contributed by atoms with van der Waals surface area (Å²) in [7, 11) is 3.26. The molecule has 0 atom stereocenters. The molecular formula is C26H33NO5. The van der Waals surface area contributed by atoms with E-state index >= 15 is 0 Å². The van der Waals surface area contributed by atoms with Crippen molar-refractivity contribution in [1.29, 1.82) is 0 Å². The fourth-order valence-electron chi connectivity index (χ4n) is 3.45. The van der Waals surface area contributed by atoms with Gasteiger partial charge in [-0.1, -0.05) is 26.8 Å². The van der Waals surface area contributed by atoms with E-state index in [2.05, 4.69) is 25.8 Å². The molecule has 32 heavy (non-hydrogen) atoms. The van der Waals surface area contributed by atoms with E-state index in [1.54, 1.807) is 26.5 Å². The van der Waals surface area contributed by atoms with Crippen LogP contribution in [-0.2, 0) is 6.42 Å². The monoisotopic (exact) mass is 439 g/mol. The van der Waals surface area contributed by atoms with E-state index < -0.39 is 0 Å². The van der Waals surface area contributed by atoms with Crippen LogP contribution in [0.15, 0.2) is 36.7 Å². The highest BCUT2D eigenvalue weighted by Crippen LogP contribution is 2.41. The Balaban J connectivity index is 1.97. The summed E-state index contributed by atoms with van der Waals surface area (Å²) in [5, 5.41) is 12.2. The minimum absolute atomic E-state index is 0.0473. The lowest BCUT2D eigenvalue weighted by Crippen LogP contribution is -2.20. The maximum atomic E-state index is 10.6. The maximum absolute atomic E-state index is 10.6. The molecule has 3 aromatic rings. The number of nitrogens with zero attached hydrogens (tertiary/aromatic N) is 1. The molecule has 0 aliphatic carbocycles. The normalized spacial score (nSPS) is 11.4. The number of pyridine rings is 1. The lowest BCUT2D eigenvalue weighted by Gasteiger charge is -2.24. The average Bonchev–Trinajstić information content (AvgIpc) is 2.79. The zero-order valence-electron chi connectivity index (χ0n) is 19.8. The van der Waals surface area contributed by atoms with Crippen LogP contribution >= 0.6 is 0 Å². The van der Waals surface area contributed by atoms with Crippen molar-refractivity contribution >= 4 is 10.8 Å². The lowest BCUT2D eigenvalue weighted by atomic mass is 9.92. The third kappa shape index (κ3) is 5.01. The fourth-order valence-corrected chi connectivity index (χ4v) is 3.45. The summed E-state index contributed by atoms with van der Waals surface area (Å²) >= 11 is 0. The van der Waals surface area contributed by atoms with Crippen LogP contribution in [0.2, 0.25) is 0 Å². The molecule has 0 radical (unpaired) electrons. The first-order valence-electron chi connectivity index (χ1n) is 10.9. The summed E-state index contributed by atoms with van der Waals surface area (Å²) in [6.07, 6.45) is 5.06. The minimum atomic E-state index is 0.0473. The molecule has 0 aliphatic heterocycles. The van der Waals surface area contributed by atoms with E-state index in [0.717, 1.165) is 22.9 Å². The van der Waals surface area contributed by atoms with Crippen LogP contribution in [0.25, 0.3) is 10.8 Å². The molecular weight excluding hydrogens is 406 g/mol. The molecule has 0 saturated carbocycles. The highest BCUT2D eigenvalue weighted by molar-refractivity contribution is 5.92. The Morgan fingerprint density at radius 1 is 0.906 bits per heavy atom. The van der Waals surface area contributed by atoms with Crippen molar-refractivity contribution in [2.24, 2.45) is 5.41 Å². The molecule has 0 saturated heterocycles. The van der Waals surface area contributed by atoms with Crippen LogP contribution in [0.4, 0.5) is 0 Å². The third-order valence-corrected chi connectivity index (χ3v) is 5.74. The SMILES string of the molecule is CCOc1ccc2c(Cc3cc(OC)c(OCC(C)(C)CC)c(OC)c3)cncc2c1O. The minimum Gasteiger partial charge on any atom is -0.504 e. The van der Waals surface area contributed by atoms with Crippen molar-refractivity contribution in [2.75, 3.05) is 27.4 Å². The molecule has 0 unspecified atom stereocenters. The number of fused-ring (bicyclic) bond motifs is 1. The Bertz CT molecular complexity index is 1050. The van der Waals surface area contributed by atoms with Gasteiger partial charge in [0, 0.05) is 17.8 Å². The molecule has 1 aromatic heterocycles. The predicted octanol–water partition coefficient (Wildman–Crippen LogP) is 5.76. The van der Waals surface area contributed by atoms with Gasteiger partial charge in [0.1, 0.15) is 0 Å². The molecule has 6 heteroatoms. The molecule has 0 fully saturated rings. The van der Waals surface area contributed by atoms with Crippen LogP contribution < -0.4 is 18.9 Å². The topological polar surface area (TPSA) is 70.0 Å². The summed E-state index contributed by atoms with van der Waals surface area (Å²) < 4.78 is 22.9. The molecule has 172 valence electrons. The van der Waals surface area contributed by atoms with Crippen LogP contribution in [0.3, 0.4) is 0 Å². The second kappa shape index (κ2) is 9.98. The van der Waals surface area contributed by atoms with Crippen LogP contribution in [0.5, 0.6) is 28.7 Å². The Hall–Kier alpha value is -3.15. The highest BCUT2D eigenvalue weighted by atomic mass is 16.5. The Morgan fingerprint density at radius 2 is 1.59 bits per heavy atom. The summed E-state index contributed by atoms with van der Waals surface area (Å²) in [5.41, 5.74) is 2.01. The van der Waals surface area contributed by atoms with Crippen LogP contribution in [0.1, 0.15) is 45.2 Å². The lowest BCUT2D eigenvalue weighted by molar-refractivity contribution is 0.165. The zero-order chi connectivity index (χ0) is 23.3. The number of aromatic hydroxyl groups is 1. The van der Waals surface area contributed by atoms with E-state index in [9.17, 15) is 5.11 Å². The first kappa shape index (κ1) is 23.5. The fraction of sp³-hybridized carbons (Fsp3) is 0.423. The third-order valence-electron chi connectivity index (χ3n) is 5.74. The molecule has 1 heterocycles. The first-order valence-corrected chi connectivity index (χ1v) is 10.9. The molecule has 0 aliphatic rings. The van der Waals surface area contributed by atoms with Crippen molar-refractivity contribution in [3.63, 3.8) is 0 Å². The number of ether oxygens (including phenoxy) is 4. The summed E-state index contributed by atoms with van der Waals surface area (Å²) in [6.45, 7) is 9.41. The van der Waals surface area contributed by atoms with E-state index in [4.69, 9.17) is 18.9 Å². The van der Waals surface area contributed by atoms with Crippen molar-refractivity contribution in [1.82, 2.24) is 4.98 Å². The van der Waals surface area contributed by atoms with Crippen molar-refractivity contribution < 1.29 is 24.1 Å². The summed E-state index contributed by atoms with van der Waals surface area (Å²) in [6, 6.07) is 7.67. The van der Waals surface area contributed by atoms with Gasteiger partial charge in [0.15, 0.2) is 23.0 Å². The largest absolute Gasteiger partial charge is 0.504 e. The molecule has 2 aromatic carbocycles. The average molecular weight is 440 g/mol. The van der Waals surface area contributed by atoms with Crippen LogP contribution in [0, 0.1) is 5.41 Å². The molecule has 1 N–H and O–H groups in total.